The Kier molecular flexibility index (Phi) is 5.42. The van der Waals surface area contributed by atoms with Gasteiger partial charge in [0, 0.05) is 11.1 Å². The average molecular weight is 260 g/mol. The third kappa shape index (κ3) is 5.25. The van der Waals surface area contributed by atoms with Crippen LogP contribution in [0.4, 0.5) is 13.2 Å². The van der Waals surface area contributed by atoms with E-state index in [-0.39, 0.29) is 12.4 Å². The number of rotatable bonds is 2. The smallest absolute Gasteiger partial charge is 0.324 e. The van der Waals surface area contributed by atoms with Crippen LogP contribution in [0.1, 0.15) is 18.0 Å². The van der Waals surface area contributed by atoms with Gasteiger partial charge in [-0.1, -0.05) is 23.7 Å². The highest BCUT2D eigenvalue weighted by Gasteiger charge is 2.30. The molecule has 1 nitrogen and oxygen atoms in total. The van der Waals surface area contributed by atoms with Crippen molar-refractivity contribution in [2.45, 2.75) is 18.6 Å². The van der Waals surface area contributed by atoms with E-state index < -0.39 is 18.6 Å². The lowest BCUT2D eigenvalue weighted by molar-refractivity contribution is -0.138. The van der Waals surface area contributed by atoms with Crippen molar-refractivity contribution >= 4 is 24.0 Å². The van der Waals surface area contributed by atoms with Gasteiger partial charge in [-0.15, -0.1) is 12.4 Å². The minimum absolute atomic E-state index is 0. The lowest BCUT2D eigenvalue weighted by atomic mass is 10.1. The van der Waals surface area contributed by atoms with Crippen LogP contribution in [-0.2, 0) is 0 Å². The Hall–Kier alpha value is -0.450. The molecule has 0 bridgehead atoms. The zero-order valence-corrected chi connectivity index (χ0v) is 9.16. The van der Waals surface area contributed by atoms with E-state index in [1.54, 1.807) is 0 Å². The molecule has 2 N–H and O–H groups in total. The molecule has 1 atom stereocenters. The van der Waals surface area contributed by atoms with Crippen molar-refractivity contribution in [3.63, 3.8) is 0 Å². The van der Waals surface area contributed by atoms with Gasteiger partial charge in [0.1, 0.15) is 0 Å². The van der Waals surface area contributed by atoms with Gasteiger partial charge in [0.2, 0.25) is 0 Å². The Morgan fingerprint density at radius 2 is 1.67 bits per heavy atom. The van der Waals surface area contributed by atoms with E-state index in [9.17, 15) is 13.2 Å². The summed E-state index contributed by atoms with van der Waals surface area (Å²) in [7, 11) is 0. The highest BCUT2D eigenvalue weighted by Crippen LogP contribution is 2.28. The Morgan fingerprint density at radius 3 is 2.07 bits per heavy atom. The Balaban J connectivity index is 0.00000196. The van der Waals surface area contributed by atoms with Gasteiger partial charge in [0.25, 0.3) is 0 Å². The SMILES string of the molecule is Cl.N[C@@H](CC(F)(F)F)c1ccc(Cl)cc1. The largest absolute Gasteiger partial charge is 0.390 e. The van der Waals surface area contributed by atoms with Crippen molar-refractivity contribution in [2.75, 3.05) is 0 Å². The van der Waals surface area contributed by atoms with Crippen molar-refractivity contribution in [3.05, 3.63) is 34.9 Å². The van der Waals surface area contributed by atoms with Crippen molar-refractivity contribution < 1.29 is 13.2 Å². The van der Waals surface area contributed by atoms with Crippen LogP contribution in [-0.4, -0.2) is 6.18 Å². The predicted molar refractivity (Wildman–Crippen MR) is 56.3 cm³/mol. The van der Waals surface area contributed by atoms with Crippen LogP contribution in [0.3, 0.4) is 0 Å². The first-order valence-corrected chi connectivity index (χ1v) is 4.34. The molecule has 0 aliphatic heterocycles. The van der Waals surface area contributed by atoms with Gasteiger partial charge in [0.05, 0.1) is 6.42 Å². The van der Waals surface area contributed by atoms with Crippen molar-refractivity contribution in [1.82, 2.24) is 0 Å². The van der Waals surface area contributed by atoms with Crippen LogP contribution in [0.2, 0.25) is 5.02 Å². The normalized spacial score (nSPS) is 13.1. The van der Waals surface area contributed by atoms with Crippen LogP contribution in [0.5, 0.6) is 0 Å². The average Bonchev–Trinajstić information content (AvgIpc) is 2.02. The highest BCUT2D eigenvalue weighted by molar-refractivity contribution is 6.30. The number of hydrogen-bond donors (Lipinski definition) is 1. The maximum absolute atomic E-state index is 12.0. The molecule has 15 heavy (non-hydrogen) atoms. The monoisotopic (exact) mass is 259 g/mol. The van der Waals surface area contributed by atoms with Gasteiger partial charge in [-0.05, 0) is 17.7 Å². The number of benzene rings is 1. The van der Waals surface area contributed by atoms with Crippen LogP contribution < -0.4 is 5.73 Å². The molecule has 0 aromatic heterocycles. The maximum atomic E-state index is 12.0. The summed E-state index contributed by atoms with van der Waals surface area (Å²) in [6, 6.07) is 5.02. The fraction of sp³-hybridized carbons (Fsp3) is 0.333. The first-order chi connectivity index (χ1) is 6.38. The second-order valence-corrected chi connectivity index (χ2v) is 3.41. The fourth-order valence-corrected chi connectivity index (χ4v) is 1.20. The maximum Gasteiger partial charge on any atom is 0.390 e. The third-order valence-electron chi connectivity index (χ3n) is 1.75. The van der Waals surface area contributed by atoms with Gasteiger partial charge >= 0.3 is 6.18 Å². The predicted octanol–water partition coefficient (Wildman–Crippen LogP) is 3.71. The highest BCUT2D eigenvalue weighted by atomic mass is 35.5. The molecule has 86 valence electrons. The lowest BCUT2D eigenvalue weighted by Crippen LogP contribution is -2.20. The summed E-state index contributed by atoms with van der Waals surface area (Å²) >= 11 is 5.59. The van der Waals surface area contributed by atoms with E-state index >= 15 is 0 Å². The van der Waals surface area contributed by atoms with E-state index in [1.165, 1.54) is 24.3 Å². The molecular weight excluding hydrogens is 250 g/mol. The summed E-state index contributed by atoms with van der Waals surface area (Å²) in [6.45, 7) is 0. The number of alkyl halides is 3. The second kappa shape index (κ2) is 5.58. The Bertz CT molecular complexity index is 297. The van der Waals surface area contributed by atoms with Gasteiger partial charge in [-0.25, -0.2) is 0 Å². The summed E-state index contributed by atoms with van der Waals surface area (Å²) in [4.78, 5) is 0. The first kappa shape index (κ1) is 14.6. The standard InChI is InChI=1S/C9H9ClF3N.ClH/c10-7-3-1-6(2-4-7)8(14)5-9(11,12)13;/h1-4,8H,5,14H2;1H/t8-;/m0./s1. The molecule has 0 fully saturated rings. The van der Waals surface area contributed by atoms with Gasteiger partial charge in [0.15, 0.2) is 0 Å². The van der Waals surface area contributed by atoms with E-state index in [2.05, 4.69) is 0 Å². The van der Waals surface area contributed by atoms with Crippen LogP contribution in [0.15, 0.2) is 24.3 Å². The molecule has 0 aliphatic rings. The molecule has 0 unspecified atom stereocenters. The summed E-state index contributed by atoms with van der Waals surface area (Å²) < 4.78 is 35.9. The number of halogens is 5. The van der Waals surface area contributed by atoms with Gasteiger partial charge in [-0.2, -0.15) is 13.2 Å². The van der Waals surface area contributed by atoms with E-state index in [1.807, 2.05) is 0 Å². The molecule has 0 saturated heterocycles. The molecule has 0 aliphatic carbocycles. The molecule has 6 heteroatoms. The molecule has 0 spiro atoms. The third-order valence-corrected chi connectivity index (χ3v) is 2.00. The molecule has 0 saturated carbocycles. The second-order valence-electron chi connectivity index (χ2n) is 2.98. The Morgan fingerprint density at radius 1 is 1.20 bits per heavy atom. The molecule has 0 heterocycles. The zero-order chi connectivity index (χ0) is 10.8. The molecular formula is C9H10Cl2F3N. The molecule has 0 radical (unpaired) electrons. The number of hydrogen-bond acceptors (Lipinski definition) is 1. The summed E-state index contributed by atoms with van der Waals surface area (Å²) in [6.07, 6.45) is -5.26. The van der Waals surface area contributed by atoms with Crippen molar-refractivity contribution in [3.8, 4) is 0 Å². The van der Waals surface area contributed by atoms with E-state index in [4.69, 9.17) is 17.3 Å². The minimum Gasteiger partial charge on any atom is -0.324 e. The topological polar surface area (TPSA) is 26.0 Å². The molecule has 1 aromatic rings. The molecule has 1 rings (SSSR count). The summed E-state index contributed by atoms with van der Waals surface area (Å²) in [5.74, 6) is 0. The van der Waals surface area contributed by atoms with E-state index in [0.29, 0.717) is 10.6 Å². The van der Waals surface area contributed by atoms with Crippen molar-refractivity contribution in [2.24, 2.45) is 5.73 Å². The number of nitrogens with two attached hydrogens (primary N) is 1. The fourth-order valence-electron chi connectivity index (χ4n) is 1.08. The van der Waals surface area contributed by atoms with Crippen LogP contribution >= 0.6 is 24.0 Å². The zero-order valence-electron chi connectivity index (χ0n) is 7.59. The summed E-state index contributed by atoms with van der Waals surface area (Å²) in [5, 5.41) is 0.480. The van der Waals surface area contributed by atoms with Crippen LogP contribution in [0.25, 0.3) is 0 Å². The quantitative estimate of drug-likeness (QED) is 0.861. The van der Waals surface area contributed by atoms with Crippen LogP contribution in [0, 0.1) is 0 Å². The van der Waals surface area contributed by atoms with Gasteiger partial charge in [-0.3, -0.25) is 0 Å². The van der Waals surface area contributed by atoms with Crippen molar-refractivity contribution in [1.29, 1.82) is 0 Å². The lowest BCUT2D eigenvalue weighted by Gasteiger charge is -2.14. The summed E-state index contributed by atoms with van der Waals surface area (Å²) in [5.41, 5.74) is 5.80. The minimum atomic E-state index is -4.24. The van der Waals surface area contributed by atoms with E-state index in [0.717, 1.165) is 0 Å². The first-order valence-electron chi connectivity index (χ1n) is 3.96. The van der Waals surface area contributed by atoms with Gasteiger partial charge < -0.3 is 5.73 Å². The molecule has 1 aromatic carbocycles. The molecule has 0 amide bonds. The Labute approximate surface area is 96.8 Å².